The molecule has 0 fully saturated rings. The molecule has 2 amide bonds. The van der Waals surface area contributed by atoms with Gasteiger partial charge in [0.15, 0.2) is 9.84 Å². The van der Waals surface area contributed by atoms with Crippen molar-refractivity contribution >= 4 is 21.7 Å². The molecule has 1 N–H and O–H groups in total. The Balaban J connectivity index is 2.38. The fourth-order valence-electron chi connectivity index (χ4n) is 2.16. The molecule has 1 rings (SSSR count). The van der Waals surface area contributed by atoms with E-state index in [2.05, 4.69) is 5.32 Å². The number of nitrogens with zero attached hydrogens (tertiary/aromatic N) is 1. The Bertz CT molecular complexity index is 671. The van der Waals surface area contributed by atoms with Crippen molar-refractivity contribution in [2.75, 3.05) is 32.5 Å². The standard InChI is InChI=1S/C17H26N2O5S/c1-4-18-16(20)13-19(5-2)17(21)7-6-12-24-14-8-10-15(11-9-14)25(3,22)23/h8-11H,4-7,12-13H2,1-3H3,(H,18,20). The molecular formula is C17H26N2O5S. The van der Waals surface area contributed by atoms with Crippen LogP contribution < -0.4 is 10.1 Å². The van der Waals surface area contributed by atoms with Crippen LogP contribution >= 0.6 is 0 Å². The van der Waals surface area contributed by atoms with Gasteiger partial charge in [-0.3, -0.25) is 9.59 Å². The molecule has 0 spiro atoms. The van der Waals surface area contributed by atoms with Gasteiger partial charge in [-0.05, 0) is 44.5 Å². The monoisotopic (exact) mass is 370 g/mol. The highest BCUT2D eigenvalue weighted by atomic mass is 32.2. The summed E-state index contributed by atoms with van der Waals surface area (Å²) >= 11 is 0. The zero-order valence-corrected chi connectivity index (χ0v) is 15.8. The molecule has 0 aliphatic heterocycles. The Labute approximate surface area is 149 Å². The van der Waals surface area contributed by atoms with E-state index in [-0.39, 0.29) is 29.7 Å². The molecule has 0 aliphatic rings. The zero-order chi connectivity index (χ0) is 18.9. The molecular weight excluding hydrogens is 344 g/mol. The van der Waals surface area contributed by atoms with Gasteiger partial charge in [0.05, 0.1) is 18.0 Å². The van der Waals surface area contributed by atoms with Crippen LogP contribution in [0, 0.1) is 0 Å². The lowest BCUT2D eigenvalue weighted by molar-refractivity contribution is -0.136. The van der Waals surface area contributed by atoms with Gasteiger partial charge < -0.3 is 15.0 Å². The van der Waals surface area contributed by atoms with Gasteiger partial charge in [0, 0.05) is 25.8 Å². The van der Waals surface area contributed by atoms with Crippen LogP contribution in [-0.2, 0) is 19.4 Å². The van der Waals surface area contributed by atoms with Crippen molar-refractivity contribution in [2.45, 2.75) is 31.6 Å². The summed E-state index contributed by atoms with van der Waals surface area (Å²) in [6.07, 6.45) is 1.95. The zero-order valence-electron chi connectivity index (χ0n) is 14.9. The third-order valence-electron chi connectivity index (χ3n) is 3.50. The Hall–Kier alpha value is -2.09. The topological polar surface area (TPSA) is 92.8 Å². The van der Waals surface area contributed by atoms with Crippen molar-refractivity contribution < 1.29 is 22.7 Å². The van der Waals surface area contributed by atoms with Crippen LogP contribution in [0.25, 0.3) is 0 Å². The van der Waals surface area contributed by atoms with Crippen LogP contribution in [0.2, 0.25) is 0 Å². The summed E-state index contributed by atoms with van der Waals surface area (Å²) in [4.78, 5) is 25.4. The van der Waals surface area contributed by atoms with E-state index in [0.29, 0.717) is 31.9 Å². The first-order valence-corrected chi connectivity index (χ1v) is 10.1. The van der Waals surface area contributed by atoms with Gasteiger partial charge in [0.1, 0.15) is 5.75 Å². The lowest BCUT2D eigenvalue weighted by atomic mass is 10.2. The second-order valence-electron chi connectivity index (χ2n) is 5.56. The van der Waals surface area contributed by atoms with Crippen molar-refractivity contribution in [2.24, 2.45) is 0 Å². The van der Waals surface area contributed by atoms with Crippen LogP contribution in [0.1, 0.15) is 26.7 Å². The maximum Gasteiger partial charge on any atom is 0.239 e. The van der Waals surface area contributed by atoms with Crippen LogP contribution in [0.5, 0.6) is 5.75 Å². The summed E-state index contributed by atoms with van der Waals surface area (Å²) in [7, 11) is -3.22. The molecule has 8 heteroatoms. The number of rotatable bonds is 10. The predicted molar refractivity (Wildman–Crippen MR) is 95.2 cm³/mol. The minimum Gasteiger partial charge on any atom is -0.494 e. The van der Waals surface area contributed by atoms with E-state index in [1.54, 1.807) is 12.1 Å². The largest absolute Gasteiger partial charge is 0.494 e. The molecule has 1 aromatic carbocycles. The highest BCUT2D eigenvalue weighted by molar-refractivity contribution is 7.90. The average molecular weight is 370 g/mol. The maximum absolute atomic E-state index is 12.1. The third kappa shape index (κ3) is 7.55. The van der Waals surface area contributed by atoms with Gasteiger partial charge in [-0.2, -0.15) is 0 Å². The second-order valence-corrected chi connectivity index (χ2v) is 7.57. The Morgan fingerprint density at radius 2 is 1.80 bits per heavy atom. The molecule has 0 saturated carbocycles. The summed E-state index contributed by atoms with van der Waals surface area (Å²) in [6.45, 7) is 5.08. The number of benzene rings is 1. The number of hydrogen-bond donors (Lipinski definition) is 1. The van der Waals surface area contributed by atoms with Crippen LogP contribution in [0.3, 0.4) is 0 Å². The van der Waals surface area contributed by atoms with Gasteiger partial charge in [-0.15, -0.1) is 0 Å². The molecule has 0 atom stereocenters. The minimum atomic E-state index is -3.22. The number of hydrogen-bond acceptors (Lipinski definition) is 5. The third-order valence-corrected chi connectivity index (χ3v) is 4.63. The maximum atomic E-state index is 12.1. The fraction of sp³-hybridized carbons (Fsp3) is 0.529. The molecule has 1 aromatic rings. The molecule has 25 heavy (non-hydrogen) atoms. The van der Waals surface area contributed by atoms with E-state index in [0.717, 1.165) is 6.26 Å². The first-order chi connectivity index (χ1) is 11.8. The molecule has 0 bridgehead atoms. The van der Waals surface area contributed by atoms with E-state index in [9.17, 15) is 18.0 Å². The molecule has 0 heterocycles. The Morgan fingerprint density at radius 1 is 1.16 bits per heavy atom. The number of ether oxygens (including phenoxy) is 1. The fourth-order valence-corrected chi connectivity index (χ4v) is 2.79. The van der Waals surface area contributed by atoms with Crippen molar-refractivity contribution in [3.05, 3.63) is 24.3 Å². The summed E-state index contributed by atoms with van der Waals surface area (Å²) in [5, 5.41) is 2.67. The molecule has 7 nitrogen and oxygen atoms in total. The predicted octanol–water partition coefficient (Wildman–Crippen LogP) is 1.23. The van der Waals surface area contributed by atoms with Gasteiger partial charge >= 0.3 is 0 Å². The molecule has 0 saturated heterocycles. The smallest absolute Gasteiger partial charge is 0.239 e. The normalized spacial score (nSPS) is 11.0. The van der Waals surface area contributed by atoms with Crippen molar-refractivity contribution in [1.29, 1.82) is 0 Å². The SMILES string of the molecule is CCNC(=O)CN(CC)C(=O)CCCOc1ccc(S(C)(=O)=O)cc1. The molecule has 140 valence electrons. The Morgan fingerprint density at radius 3 is 2.32 bits per heavy atom. The first kappa shape index (κ1) is 21.0. The van der Waals surface area contributed by atoms with Gasteiger partial charge in [0.25, 0.3) is 0 Å². The number of carbonyl (C=O) groups excluding carboxylic acids is 2. The highest BCUT2D eigenvalue weighted by Gasteiger charge is 2.14. The summed E-state index contributed by atoms with van der Waals surface area (Å²) in [6, 6.07) is 6.15. The summed E-state index contributed by atoms with van der Waals surface area (Å²) in [5.41, 5.74) is 0. The van der Waals surface area contributed by atoms with E-state index in [1.807, 2.05) is 13.8 Å². The lowest BCUT2D eigenvalue weighted by Crippen LogP contribution is -2.40. The van der Waals surface area contributed by atoms with E-state index in [4.69, 9.17) is 4.74 Å². The summed E-state index contributed by atoms with van der Waals surface area (Å²) < 4.78 is 28.3. The first-order valence-electron chi connectivity index (χ1n) is 8.25. The van der Waals surface area contributed by atoms with Crippen molar-refractivity contribution in [3.63, 3.8) is 0 Å². The molecule has 0 radical (unpaired) electrons. The van der Waals surface area contributed by atoms with Crippen LogP contribution in [0.4, 0.5) is 0 Å². The van der Waals surface area contributed by atoms with Crippen LogP contribution in [0.15, 0.2) is 29.2 Å². The number of carbonyl (C=O) groups is 2. The van der Waals surface area contributed by atoms with E-state index < -0.39 is 9.84 Å². The quantitative estimate of drug-likeness (QED) is 0.626. The summed E-state index contributed by atoms with van der Waals surface area (Å²) in [5.74, 6) is 0.291. The van der Waals surface area contributed by atoms with Gasteiger partial charge in [-0.1, -0.05) is 0 Å². The van der Waals surface area contributed by atoms with Crippen molar-refractivity contribution in [3.8, 4) is 5.75 Å². The van der Waals surface area contributed by atoms with Crippen molar-refractivity contribution in [1.82, 2.24) is 10.2 Å². The van der Waals surface area contributed by atoms with Gasteiger partial charge in [-0.25, -0.2) is 8.42 Å². The molecule has 0 aromatic heterocycles. The number of sulfone groups is 1. The van der Waals surface area contributed by atoms with Crippen LogP contribution in [-0.4, -0.2) is 57.6 Å². The lowest BCUT2D eigenvalue weighted by Gasteiger charge is -2.20. The number of nitrogens with one attached hydrogen (secondary N) is 1. The highest BCUT2D eigenvalue weighted by Crippen LogP contribution is 2.16. The average Bonchev–Trinajstić information content (AvgIpc) is 2.56. The Kier molecular flexibility index (Phi) is 8.40. The second kappa shape index (κ2) is 10.0. The molecule has 0 aliphatic carbocycles. The number of likely N-dealkylation sites (N-methyl/N-ethyl adjacent to an activating group) is 2. The van der Waals surface area contributed by atoms with Gasteiger partial charge in [0.2, 0.25) is 11.8 Å². The minimum absolute atomic E-state index is 0.0665. The number of amides is 2. The molecule has 0 unspecified atom stereocenters. The van der Waals surface area contributed by atoms with E-state index >= 15 is 0 Å². The van der Waals surface area contributed by atoms with E-state index in [1.165, 1.54) is 17.0 Å².